The topological polar surface area (TPSA) is 91.7 Å². The van der Waals surface area contributed by atoms with Gasteiger partial charge in [-0.2, -0.15) is 5.26 Å². The third kappa shape index (κ3) is 4.00. The van der Waals surface area contributed by atoms with E-state index in [1.807, 2.05) is 19.1 Å². The van der Waals surface area contributed by atoms with Crippen LogP contribution in [0.3, 0.4) is 0 Å². The minimum atomic E-state index is -0.493. The van der Waals surface area contributed by atoms with Gasteiger partial charge in [0.05, 0.1) is 16.8 Å². The fourth-order valence-electron chi connectivity index (χ4n) is 2.66. The summed E-state index contributed by atoms with van der Waals surface area (Å²) in [4.78, 5) is 25.0. The van der Waals surface area contributed by atoms with Crippen LogP contribution in [0.25, 0.3) is 6.08 Å². The Kier molecular flexibility index (Phi) is 5.96. The second-order valence-corrected chi connectivity index (χ2v) is 6.54. The summed E-state index contributed by atoms with van der Waals surface area (Å²) in [7, 11) is 0. The number of carbonyl (C=O) groups is 2. The minimum Gasteiger partial charge on any atom is -0.490 e. The second kappa shape index (κ2) is 8.59. The molecule has 0 saturated carbocycles. The molecular weight excluding hydrogens is 426 g/mol. The van der Waals surface area contributed by atoms with Gasteiger partial charge in [0.1, 0.15) is 11.6 Å². The summed E-state index contributed by atoms with van der Waals surface area (Å²) in [5, 5.41) is 9.94. The average Bonchev–Trinajstić information content (AvgIpc) is 2.96. The highest BCUT2D eigenvalue weighted by Gasteiger charge is 2.34. The molecule has 1 aliphatic heterocycles. The van der Waals surface area contributed by atoms with Crippen molar-refractivity contribution in [3.05, 3.63) is 58.1 Å². The molecule has 1 fully saturated rings. The van der Waals surface area contributed by atoms with Gasteiger partial charge in [-0.05, 0) is 58.8 Å². The number of rotatable bonds is 6. The van der Waals surface area contributed by atoms with Crippen LogP contribution < -0.4 is 19.9 Å². The number of amides is 2. The summed E-state index contributed by atoms with van der Waals surface area (Å²) in [6, 6.07) is 14.1. The Morgan fingerprint density at radius 2 is 1.96 bits per heavy atom. The highest BCUT2D eigenvalue weighted by atomic mass is 79.9. The Labute approximate surface area is 170 Å². The van der Waals surface area contributed by atoms with Crippen LogP contribution in [-0.4, -0.2) is 25.0 Å². The van der Waals surface area contributed by atoms with Gasteiger partial charge in [0.2, 0.25) is 0 Å². The third-order valence-corrected chi connectivity index (χ3v) is 4.42. The first-order chi connectivity index (χ1) is 13.5. The van der Waals surface area contributed by atoms with E-state index in [1.165, 1.54) is 11.1 Å². The molecule has 1 aliphatic rings. The molecule has 0 aromatic heterocycles. The molecule has 2 aromatic carbocycles. The third-order valence-electron chi connectivity index (χ3n) is 3.83. The summed E-state index contributed by atoms with van der Waals surface area (Å²) in [6.07, 6.45) is 1.49. The first kappa shape index (κ1) is 19.5. The van der Waals surface area contributed by atoms with Crippen LogP contribution in [0, 0.1) is 11.3 Å². The lowest BCUT2D eigenvalue weighted by Gasteiger charge is -2.14. The number of carbonyl (C=O) groups excluding carboxylic acids is 2. The number of benzene rings is 2. The molecule has 142 valence electrons. The SMILES string of the molecule is CCOc1cc(C=C2C(=O)NN(c3ccccc3)C2=O)cc(Br)c1OCC#N. The van der Waals surface area contributed by atoms with Gasteiger partial charge in [0, 0.05) is 0 Å². The highest BCUT2D eigenvalue weighted by Crippen LogP contribution is 2.37. The van der Waals surface area contributed by atoms with Crippen molar-refractivity contribution in [1.29, 1.82) is 5.26 Å². The van der Waals surface area contributed by atoms with Gasteiger partial charge in [-0.15, -0.1) is 0 Å². The van der Waals surface area contributed by atoms with Gasteiger partial charge < -0.3 is 9.47 Å². The first-order valence-electron chi connectivity index (χ1n) is 8.43. The van der Waals surface area contributed by atoms with Gasteiger partial charge >= 0.3 is 0 Å². The zero-order chi connectivity index (χ0) is 20.1. The molecule has 1 heterocycles. The number of nitriles is 1. The normalized spacial score (nSPS) is 14.8. The van der Waals surface area contributed by atoms with Gasteiger partial charge in [0.25, 0.3) is 11.8 Å². The summed E-state index contributed by atoms with van der Waals surface area (Å²) in [5.41, 5.74) is 3.71. The summed E-state index contributed by atoms with van der Waals surface area (Å²) in [6.45, 7) is 2.07. The molecule has 2 aromatic rings. The number of anilines is 1. The standard InChI is InChI=1S/C20H16BrN3O4/c1-2-27-17-12-13(11-16(21)18(17)28-9-8-22)10-15-19(25)23-24(20(15)26)14-6-4-3-5-7-14/h3-7,10-12H,2,9H2,1H3,(H,23,25). The number of halogens is 1. The number of para-hydroxylation sites is 1. The fraction of sp³-hybridized carbons (Fsp3) is 0.150. The monoisotopic (exact) mass is 441 g/mol. The van der Waals surface area contributed by atoms with E-state index in [-0.39, 0.29) is 12.2 Å². The van der Waals surface area contributed by atoms with Crippen LogP contribution in [0.1, 0.15) is 12.5 Å². The number of nitrogens with one attached hydrogen (secondary N) is 1. The maximum atomic E-state index is 12.7. The lowest BCUT2D eigenvalue weighted by Crippen LogP contribution is -2.35. The van der Waals surface area contributed by atoms with Crippen molar-refractivity contribution in [2.75, 3.05) is 18.2 Å². The lowest BCUT2D eigenvalue weighted by molar-refractivity contribution is -0.117. The molecule has 0 bridgehead atoms. The Hall–Kier alpha value is -3.31. The van der Waals surface area contributed by atoms with Crippen molar-refractivity contribution >= 4 is 39.5 Å². The van der Waals surface area contributed by atoms with Gasteiger partial charge in [0.15, 0.2) is 18.1 Å². The predicted octanol–water partition coefficient (Wildman–Crippen LogP) is 3.21. The quantitative estimate of drug-likeness (QED) is 0.548. The number of hydrogen-bond acceptors (Lipinski definition) is 5. The summed E-state index contributed by atoms with van der Waals surface area (Å²) >= 11 is 3.39. The van der Waals surface area contributed by atoms with E-state index in [2.05, 4.69) is 21.4 Å². The fourth-order valence-corrected chi connectivity index (χ4v) is 3.24. The first-order valence-corrected chi connectivity index (χ1v) is 9.22. The van der Waals surface area contributed by atoms with E-state index in [0.29, 0.717) is 33.8 Å². The van der Waals surface area contributed by atoms with Crippen molar-refractivity contribution in [2.24, 2.45) is 0 Å². The Morgan fingerprint density at radius 3 is 2.64 bits per heavy atom. The van der Waals surface area contributed by atoms with Crippen molar-refractivity contribution in [3.8, 4) is 17.6 Å². The summed E-state index contributed by atoms with van der Waals surface area (Å²) in [5.74, 6) is -0.147. The number of hydrazine groups is 1. The predicted molar refractivity (Wildman–Crippen MR) is 106 cm³/mol. The maximum Gasteiger partial charge on any atom is 0.282 e. The Balaban J connectivity index is 1.95. The van der Waals surface area contributed by atoms with E-state index in [1.54, 1.807) is 36.4 Å². The molecule has 1 saturated heterocycles. The Morgan fingerprint density at radius 1 is 1.21 bits per heavy atom. The lowest BCUT2D eigenvalue weighted by atomic mass is 10.1. The van der Waals surface area contributed by atoms with Crippen molar-refractivity contribution in [3.63, 3.8) is 0 Å². The average molecular weight is 442 g/mol. The molecule has 0 unspecified atom stereocenters. The largest absolute Gasteiger partial charge is 0.490 e. The van der Waals surface area contributed by atoms with Crippen LogP contribution in [0.5, 0.6) is 11.5 Å². The maximum absolute atomic E-state index is 12.7. The Bertz CT molecular complexity index is 983. The molecule has 0 spiro atoms. The van der Waals surface area contributed by atoms with Crippen molar-refractivity contribution in [2.45, 2.75) is 6.92 Å². The molecule has 0 aliphatic carbocycles. The molecule has 7 nitrogen and oxygen atoms in total. The van der Waals surface area contributed by atoms with Gasteiger partial charge in [-0.1, -0.05) is 18.2 Å². The smallest absolute Gasteiger partial charge is 0.282 e. The van der Waals surface area contributed by atoms with Gasteiger partial charge in [-0.3, -0.25) is 15.0 Å². The molecule has 8 heteroatoms. The van der Waals surface area contributed by atoms with E-state index in [4.69, 9.17) is 14.7 Å². The zero-order valence-corrected chi connectivity index (χ0v) is 16.5. The molecular formula is C20H16BrN3O4. The van der Waals surface area contributed by atoms with Crippen LogP contribution in [0.2, 0.25) is 0 Å². The van der Waals surface area contributed by atoms with Crippen molar-refractivity contribution < 1.29 is 19.1 Å². The van der Waals surface area contributed by atoms with Crippen LogP contribution in [-0.2, 0) is 9.59 Å². The minimum absolute atomic E-state index is 0.00361. The van der Waals surface area contributed by atoms with E-state index < -0.39 is 11.8 Å². The molecule has 28 heavy (non-hydrogen) atoms. The van der Waals surface area contributed by atoms with Gasteiger partial charge in [-0.25, -0.2) is 5.01 Å². The van der Waals surface area contributed by atoms with Crippen LogP contribution in [0.15, 0.2) is 52.5 Å². The zero-order valence-electron chi connectivity index (χ0n) is 14.9. The molecule has 2 amide bonds. The van der Waals surface area contributed by atoms with Crippen LogP contribution in [0.4, 0.5) is 5.69 Å². The van der Waals surface area contributed by atoms with E-state index in [9.17, 15) is 9.59 Å². The van der Waals surface area contributed by atoms with Crippen molar-refractivity contribution in [1.82, 2.24) is 5.43 Å². The number of ether oxygens (including phenoxy) is 2. The second-order valence-electron chi connectivity index (χ2n) is 5.68. The molecule has 1 N–H and O–H groups in total. The molecule has 0 radical (unpaired) electrons. The molecule has 0 atom stereocenters. The number of nitrogens with zero attached hydrogens (tertiary/aromatic N) is 2. The summed E-state index contributed by atoms with van der Waals surface area (Å²) < 4.78 is 11.5. The molecule has 3 rings (SSSR count). The van der Waals surface area contributed by atoms with E-state index >= 15 is 0 Å². The highest BCUT2D eigenvalue weighted by molar-refractivity contribution is 9.10. The number of hydrogen-bond donors (Lipinski definition) is 1. The van der Waals surface area contributed by atoms with Crippen LogP contribution >= 0.6 is 15.9 Å². The van der Waals surface area contributed by atoms with E-state index in [0.717, 1.165) is 0 Å².